The number of anilines is 2. The second kappa shape index (κ2) is 7.97. The summed E-state index contributed by atoms with van der Waals surface area (Å²) >= 11 is 6.13. The molecule has 2 amide bonds. The largest absolute Gasteiger partial charge is 0.393 e. The molecule has 0 aliphatic heterocycles. The molecule has 1 atom stereocenters. The van der Waals surface area contributed by atoms with E-state index in [4.69, 9.17) is 11.6 Å². The lowest BCUT2D eigenvalue weighted by atomic mass is 10.2. The summed E-state index contributed by atoms with van der Waals surface area (Å²) in [5.74, 6) is 0. The number of hydrogen-bond donors (Lipinski definition) is 3. The van der Waals surface area contributed by atoms with Gasteiger partial charge in [-0.15, -0.1) is 0 Å². The molecule has 5 nitrogen and oxygen atoms in total. The Kier molecular flexibility index (Phi) is 6.61. The third kappa shape index (κ3) is 4.90. The summed E-state index contributed by atoms with van der Waals surface area (Å²) in [7, 11) is 3.73. The maximum absolute atomic E-state index is 11.8. The van der Waals surface area contributed by atoms with E-state index in [2.05, 4.69) is 10.6 Å². The molecular weight excluding hydrogens is 278 g/mol. The fourth-order valence-electron chi connectivity index (χ4n) is 1.79. The third-order valence-electron chi connectivity index (χ3n) is 2.92. The summed E-state index contributed by atoms with van der Waals surface area (Å²) < 4.78 is 0. The molecule has 0 aromatic heterocycles. The van der Waals surface area contributed by atoms with Gasteiger partial charge < -0.3 is 20.6 Å². The van der Waals surface area contributed by atoms with Crippen LogP contribution in [0.25, 0.3) is 0 Å². The first-order chi connectivity index (χ1) is 9.45. The molecule has 3 N–H and O–H groups in total. The highest BCUT2D eigenvalue weighted by Gasteiger charge is 2.11. The van der Waals surface area contributed by atoms with Gasteiger partial charge in [-0.05, 0) is 25.0 Å². The van der Waals surface area contributed by atoms with Gasteiger partial charge in [0.15, 0.2) is 0 Å². The predicted molar refractivity (Wildman–Crippen MR) is 83.7 cm³/mol. The molecule has 112 valence electrons. The molecule has 0 aliphatic carbocycles. The lowest BCUT2D eigenvalue weighted by molar-refractivity contribution is 0.160. The van der Waals surface area contributed by atoms with Crippen LogP contribution in [0.3, 0.4) is 0 Å². The number of halogens is 1. The first-order valence-corrected chi connectivity index (χ1v) is 7.02. The number of aliphatic hydroxyl groups excluding tert-OH is 1. The van der Waals surface area contributed by atoms with Crippen LogP contribution >= 0.6 is 11.6 Å². The van der Waals surface area contributed by atoms with Crippen LogP contribution in [0.2, 0.25) is 5.02 Å². The molecule has 0 radical (unpaired) electrons. The highest BCUT2D eigenvalue weighted by molar-refractivity contribution is 6.34. The van der Waals surface area contributed by atoms with Crippen LogP contribution in [-0.2, 0) is 0 Å². The Hall–Kier alpha value is -1.46. The van der Waals surface area contributed by atoms with Crippen LogP contribution in [0.15, 0.2) is 18.2 Å². The van der Waals surface area contributed by atoms with E-state index in [0.717, 1.165) is 5.69 Å². The smallest absolute Gasteiger partial charge is 0.319 e. The fraction of sp³-hybridized carbons (Fsp3) is 0.500. The number of nitrogens with one attached hydrogen (secondary N) is 2. The maximum Gasteiger partial charge on any atom is 0.319 e. The third-order valence-corrected chi connectivity index (χ3v) is 3.22. The highest BCUT2D eigenvalue weighted by atomic mass is 35.5. The second-order valence-corrected chi connectivity index (χ2v) is 5.17. The Balaban J connectivity index is 2.60. The van der Waals surface area contributed by atoms with E-state index in [1.54, 1.807) is 18.2 Å². The van der Waals surface area contributed by atoms with Crippen molar-refractivity contribution in [2.75, 3.05) is 30.9 Å². The number of hydrogen-bond acceptors (Lipinski definition) is 3. The molecule has 0 saturated carbocycles. The van der Waals surface area contributed by atoms with Crippen molar-refractivity contribution in [2.24, 2.45) is 0 Å². The highest BCUT2D eigenvalue weighted by Crippen LogP contribution is 2.32. The number of carbonyl (C=O) groups is 1. The minimum absolute atomic E-state index is 0.307. The van der Waals surface area contributed by atoms with Crippen LogP contribution in [0.5, 0.6) is 0 Å². The van der Waals surface area contributed by atoms with Gasteiger partial charge in [0.05, 0.1) is 22.5 Å². The number of nitrogens with zero attached hydrogens (tertiary/aromatic N) is 1. The van der Waals surface area contributed by atoms with Crippen molar-refractivity contribution in [2.45, 2.75) is 25.9 Å². The molecule has 0 spiro atoms. The van der Waals surface area contributed by atoms with Crippen molar-refractivity contribution in [1.82, 2.24) is 5.32 Å². The van der Waals surface area contributed by atoms with Gasteiger partial charge in [0.25, 0.3) is 0 Å². The number of aliphatic hydroxyl groups is 1. The Bertz CT molecular complexity index is 452. The monoisotopic (exact) mass is 299 g/mol. The van der Waals surface area contributed by atoms with Gasteiger partial charge in [-0.1, -0.05) is 24.6 Å². The summed E-state index contributed by atoms with van der Waals surface area (Å²) in [6, 6.07) is 5.05. The van der Waals surface area contributed by atoms with Crippen LogP contribution < -0.4 is 15.5 Å². The average Bonchev–Trinajstić information content (AvgIpc) is 2.38. The molecule has 0 heterocycles. The lowest BCUT2D eigenvalue weighted by Crippen LogP contribution is -2.31. The van der Waals surface area contributed by atoms with Gasteiger partial charge in [0, 0.05) is 20.6 Å². The van der Waals surface area contributed by atoms with Gasteiger partial charge >= 0.3 is 6.03 Å². The van der Waals surface area contributed by atoms with E-state index in [-0.39, 0.29) is 12.1 Å². The van der Waals surface area contributed by atoms with E-state index < -0.39 is 0 Å². The minimum Gasteiger partial charge on any atom is -0.393 e. The van der Waals surface area contributed by atoms with Crippen molar-refractivity contribution in [3.8, 4) is 0 Å². The molecule has 1 rings (SSSR count). The summed E-state index contributed by atoms with van der Waals surface area (Å²) in [6.45, 7) is 2.33. The SMILES string of the molecule is CCC(O)CCNC(=O)Nc1cccc(Cl)c1N(C)C. The number of benzene rings is 1. The molecular formula is C14H22ClN3O2. The molecule has 0 fully saturated rings. The van der Waals surface area contributed by atoms with Crippen LogP contribution in [0.1, 0.15) is 19.8 Å². The first-order valence-electron chi connectivity index (χ1n) is 6.64. The standard InChI is InChI=1S/C14H22ClN3O2/c1-4-10(19)8-9-16-14(20)17-12-7-5-6-11(15)13(12)18(2)3/h5-7,10,19H,4,8-9H2,1-3H3,(H2,16,17,20). The molecule has 1 unspecified atom stereocenters. The molecule has 0 bridgehead atoms. The molecule has 6 heteroatoms. The van der Waals surface area contributed by atoms with E-state index >= 15 is 0 Å². The van der Waals surface area contributed by atoms with E-state index in [1.165, 1.54) is 0 Å². The summed E-state index contributed by atoms with van der Waals surface area (Å²) in [6.07, 6.45) is 0.848. The average molecular weight is 300 g/mol. The number of para-hydroxylation sites is 1. The molecule has 20 heavy (non-hydrogen) atoms. The maximum atomic E-state index is 11.8. The Morgan fingerprint density at radius 2 is 2.15 bits per heavy atom. The molecule has 0 aliphatic rings. The van der Waals surface area contributed by atoms with Gasteiger partial charge in [-0.25, -0.2) is 4.79 Å². The molecule has 0 saturated heterocycles. The normalized spacial score (nSPS) is 11.8. The number of urea groups is 1. The topological polar surface area (TPSA) is 64.6 Å². The van der Waals surface area contributed by atoms with Crippen molar-refractivity contribution in [3.63, 3.8) is 0 Å². The fourth-order valence-corrected chi connectivity index (χ4v) is 2.14. The number of rotatable bonds is 6. The first kappa shape index (κ1) is 16.6. The van der Waals surface area contributed by atoms with Crippen molar-refractivity contribution in [1.29, 1.82) is 0 Å². The quantitative estimate of drug-likeness (QED) is 0.757. The van der Waals surface area contributed by atoms with Crippen LogP contribution in [-0.4, -0.2) is 37.9 Å². The van der Waals surface area contributed by atoms with Crippen molar-refractivity contribution in [3.05, 3.63) is 23.2 Å². The number of carbonyl (C=O) groups excluding carboxylic acids is 1. The Morgan fingerprint density at radius 1 is 1.45 bits per heavy atom. The zero-order valence-electron chi connectivity index (χ0n) is 12.1. The van der Waals surface area contributed by atoms with Crippen molar-refractivity contribution < 1.29 is 9.90 Å². The van der Waals surface area contributed by atoms with E-state index in [1.807, 2.05) is 25.9 Å². The van der Waals surface area contributed by atoms with E-state index in [0.29, 0.717) is 30.1 Å². The molecule has 1 aromatic carbocycles. The van der Waals surface area contributed by atoms with Gasteiger partial charge in [0.1, 0.15) is 0 Å². The zero-order valence-corrected chi connectivity index (χ0v) is 12.9. The minimum atomic E-state index is -0.376. The van der Waals surface area contributed by atoms with Crippen molar-refractivity contribution >= 4 is 29.0 Å². The molecule has 1 aromatic rings. The van der Waals surface area contributed by atoms with Gasteiger partial charge in [0.2, 0.25) is 0 Å². The Morgan fingerprint density at radius 3 is 2.75 bits per heavy atom. The predicted octanol–water partition coefficient (Wildman–Crippen LogP) is 2.69. The summed E-state index contributed by atoms with van der Waals surface area (Å²) in [5.41, 5.74) is 1.41. The second-order valence-electron chi connectivity index (χ2n) is 4.76. The zero-order chi connectivity index (χ0) is 15.1. The van der Waals surface area contributed by atoms with Crippen LogP contribution in [0, 0.1) is 0 Å². The lowest BCUT2D eigenvalue weighted by Gasteiger charge is -2.19. The summed E-state index contributed by atoms with van der Waals surface area (Å²) in [5, 5.41) is 15.5. The summed E-state index contributed by atoms with van der Waals surface area (Å²) in [4.78, 5) is 13.6. The number of amides is 2. The van der Waals surface area contributed by atoms with Gasteiger partial charge in [-0.2, -0.15) is 0 Å². The Labute approximate surface area is 124 Å². The van der Waals surface area contributed by atoms with Gasteiger partial charge in [-0.3, -0.25) is 0 Å². The van der Waals surface area contributed by atoms with E-state index in [9.17, 15) is 9.90 Å². The van der Waals surface area contributed by atoms with Crippen LogP contribution in [0.4, 0.5) is 16.2 Å².